The molecule has 0 aliphatic rings. The van der Waals surface area contributed by atoms with Crippen molar-refractivity contribution in [1.29, 1.82) is 0 Å². The molecule has 88 valence electrons. The zero-order valence-corrected chi connectivity index (χ0v) is 9.14. The van der Waals surface area contributed by atoms with Crippen LogP contribution in [0.5, 0.6) is 0 Å². The maximum absolute atomic E-state index is 11.8. The number of aromatic amines is 1. The second kappa shape index (κ2) is 5.89. The highest BCUT2D eigenvalue weighted by Crippen LogP contribution is 2.00. The number of hydrogen-bond donors (Lipinski definition) is 2. The Morgan fingerprint density at radius 3 is 2.81 bits per heavy atom. The molecular weight excluding hydrogens is 210 g/mol. The molecule has 0 unspecified atom stereocenters. The van der Waals surface area contributed by atoms with Gasteiger partial charge in [0.05, 0.1) is 6.42 Å². The van der Waals surface area contributed by atoms with Gasteiger partial charge in [-0.15, -0.1) is 0 Å². The third kappa shape index (κ3) is 3.72. The van der Waals surface area contributed by atoms with Gasteiger partial charge in [-0.25, -0.2) is 0 Å². The van der Waals surface area contributed by atoms with E-state index in [9.17, 15) is 9.59 Å². The van der Waals surface area contributed by atoms with Crippen LogP contribution in [0.3, 0.4) is 0 Å². The molecule has 1 heterocycles. The minimum absolute atomic E-state index is 0.160. The van der Waals surface area contributed by atoms with Gasteiger partial charge in [-0.3, -0.25) is 14.7 Å². The fourth-order valence-electron chi connectivity index (χ4n) is 1.38. The molecule has 0 bridgehead atoms. The average molecular weight is 225 g/mol. The molecule has 0 aliphatic heterocycles. The van der Waals surface area contributed by atoms with E-state index in [1.165, 1.54) is 4.90 Å². The van der Waals surface area contributed by atoms with Gasteiger partial charge in [0.15, 0.2) is 0 Å². The first-order valence-electron chi connectivity index (χ1n) is 5.11. The number of hydrogen-bond acceptors (Lipinski definition) is 3. The molecule has 16 heavy (non-hydrogen) atoms. The number of nitrogens with one attached hydrogen (secondary N) is 1. The third-order valence-electron chi connectivity index (χ3n) is 2.07. The molecule has 6 nitrogen and oxygen atoms in total. The summed E-state index contributed by atoms with van der Waals surface area (Å²) in [6.07, 6.45) is 2.46. The summed E-state index contributed by atoms with van der Waals surface area (Å²) in [5.74, 6) is -1.19. The molecule has 0 fully saturated rings. The summed E-state index contributed by atoms with van der Waals surface area (Å²) in [7, 11) is 0. The number of H-pyrrole nitrogens is 1. The van der Waals surface area contributed by atoms with Crippen molar-refractivity contribution in [3.8, 4) is 0 Å². The molecular formula is C10H15N3O3. The van der Waals surface area contributed by atoms with Crippen LogP contribution in [0.15, 0.2) is 12.3 Å². The molecule has 1 amide bonds. The van der Waals surface area contributed by atoms with Crippen molar-refractivity contribution in [2.24, 2.45) is 0 Å². The molecule has 0 aliphatic carbocycles. The molecule has 0 spiro atoms. The molecule has 1 aromatic heterocycles. The molecule has 0 radical (unpaired) electrons. The van der Waals surface area contributed by atoms with Crippen LogP contribution in [0.4, 0.5) is 0 Å². The van der Waals surface area contributed by atoms with Crippen molar-refractivity contribution in [1.82, 2.24) is 15.1 Å². The van der Waals surface area contributed by atoms with Crippen LogP contribution in [0.1, 0.15) is 19.0 Å². The van der Waals surface area contributed by atoms with Crippen molar-refractivity contribution in [2.45, 2.75) is 19.8 Å². The molecule has 1 aromatic rings. The van der Waals surface area contributed by atoms with Gasteiger partial charge in [0, 0.05) is 18.4 Å². The maximum atomic E-state index is 11.8. The number of carboxylic acids is 1. The van der Waals surface area contributed by atoms with Gasteiger partial charge in [-0.2, -0.15) is 5.10 Å². The van der Waals surface area contributed by atoms with Gasteiger partial charge < -0.3 is 10.0 Å². The number of carboxylic acid groups (broad SMARTS) is 1. The van der Waals surface area contributed by atoms with Crippen LogP contribution in [-0.4, -0.2) is 45.2 Å². The van der Waals surface area contributed by atoms with Crippen molar-refractivity contribution < 1.29 is 14.7 Å². The Hall–Kier alpha value is -1.85. The van der Waals surface area contributed by atoms with E-state index in [0.29, 0.717) is 12.2 Å². The summed E-state index contributed by atoms with van der Waals surface area (Å²) in [5.41, 5.74) is 0.691. The van der Waals surface area contributed by atoms with E-state index in [-0.39, 0.29) is 18.9 Å². The van der Waals surface area contributed by atoms with E-state index in [4.69, 9.17) is 5.11 Å². The first-order chi connectivity index (χ1) is 7.63. The number of amides is 1. The number of aliphatic carboxylic acids is 1. The zero-order chi connectivity index (χ0) is 12.0. The fraction of sp³-hybridized carbons (Fsp3) is 0.500. The Morgan fingerprint density at radius 1 is 1.56 bits per heavy atom. The summed E-state index contributed by atoms with van der Waals surface area (Å²) in [5, 5.41) is 15.1. The maximum Gasteiger partial charge on any atom is 0.323 e. The largest absolute Gasteiger partial charge is 0.480 e. The highest BCUT2D eigenvalue weighted by Gasteiger charge is 2.16. The number of aromatic nitrogens is 2. The van der Waals surface area contributed by atoms with Gasteiger partial charge >= 0.3 is 5.97 Å². The highest BCUT2D eigenvalue weighted by atomic mass is 16.4. The normalized spacial score (nSPS) is 10.1. The standard InChI is InChI=1S/C10H15N3O3/c1-2-5-13(7-10(15)16)9(14)6-8-3-4-11-12-8/h3-4H,2,5-7H2,1H3,(H,11,12)(H,15,16). The van der Waals surface area contributed by atoms with Crippen LogP contribution >= 0.6 is 0 Å². The molecule has 2 N–H and O–H groups in total. The smallest absolute Gasteiger partial charge is 0.323 e. The summed E-state index contributed by atoms with van der Waals surface area (Å²) in [6.45, 7) is 2.11. The van der Waals surface area contributed by atoms with E-state index in [2.05, 4.69) is 10.2 Å². The van der Waals surface area contributed by atoms with Crippen LogP contribution in [0, 0.1) is 0 Å². The first-order valence-corrected chi connectivity index (χ1v) is 5.11. The number of rotatable bonds is 6. The SMILES string of the molecule is CCCN(CC(=O)O)C(=O)Cc1ccn[nH]1. The van der Waals surface area contributed by atoms with Gasteiger partial charge in [0.1, 0.15) is 6.54 Å². The Labute approximate surface area is 93.3 Å². The van der Waals surface area contributed by atoms with Gasteiger partial charge in [-0.05, 0) is 12.5 Å². The van der Waals surface area contributed by atoms with E-state index in [1.54, 1.807) is 12.3 Å². The lowest BCUT2D eigenvalue weighted by molar-refractivity contribution is -0.144. The quantitative estimate of drug-likeness (QED) is 0.727. The predicted octanol–water partition coefficient (Wildman–Crippen LogP) is 0.275. The lowest BCUT2D eigenvalue weighted by atomic mass is 10.2. The molecule has 0 aromatic carbocycles. The predicted molar refractivity (Wildman–Crippen MR) is 56.8 cm³/mol. The van der Waals surface area contributed by atoms with Gasteiger partial charge in [-0.1, -0.05) is 6.92 Å². The Bertz CT molecular complexity index is 348. The lowest BCUT2D eigenvalue weighted by Crippen LogP contribution is -2.37. The van der Waals surface area contributed by atoms with Crippen molar-refractivity contribution >= 4 is 11.9 Å². The van der Waals surface area contributed by atoms with E-state index >= 15 is 0 Å². The number of carbonyl (C=O) groups is 2. The van der Waals surface area contributed by atoms with Crippen molar-refractivity contribution in [3.05, 3.63) is 18.0 Å². The summed E-state index contributed by atoms with van der Waals surface area (Å²) in [6, 6.07) is 1.70. The van der Waals surface area contributed by atoms with Gasteiger partial charge in [0.25, 0.3) is 0 Å². The fourth-order valence-corrected chi connectivity index (χ4v) is 1.38. The minimum Gasteiger partial charge on any atom is -0.480 e. The summed E-state index contributed by atoms with van der Waals surface area (Å²) < 4.78 is 0. The van der Waals surface area contributed by atoms with E-state index in [1.807, 2.05) is 6.92 Å². The Morgan fingerprint density at radius 2 is 2.31 bits per heavy atom. The Balaban J connectivity index is 2.56. The second-order valence-electron chi connectivity index (χ2n) is 3.47. The monoisotopic (exact) mass is 225 g/mol. The van der Waals surface area contributed by atoms with E-state index < -0.39 is 5.97 Å². The molecule has 0 saturated carbocycles. The topological polar surface area (TPSA) is 86.3 Å². The lowest BCUT2D eigenvalue weighted by Gasteiger charge is -2.19. The molecule has 1 rings (SSSR count). The van der Waals surface area contributed by atoms with Crippen LogP contribution in [0.2, 0.25) is 0 Å². The zero-order valence-electron chi connectivity index (χ0n) is 9.14. The first kappa shape index (κ1) is 12.2. The van der Waals surface area contributed by atoms with Crippen molar-refractivity contribution in [3.63, 3.8) is 0 Å². The minimum atomic E-state index is -0.994. The van der Waals surface area contributed by atoms with E-state index in [0.717, 1.165) is 6.42 Å². The third-order valence-corrected chi connectivity index (χ3v) is 2.07. The highest BCUT2D eigenvalue weighted by molar-refractivity contribution is 5.82. The summed E-state index contributed by atoms with van der Waals surface area (Å²) >= 11 is 0. The van der Waals surface area contributed by atoms with Crippen molar-refractivity contribution in [2.75, 3.05) is 13.1 Å². The number of nitrogens with zero attached hydrogens (tertiary/aromatic N) is 2. The summed E-state index contributed by atoms with van der Waals surface area (Å²) in [4.78, 5) is 23.7. The number of carbonyl (C=O) groups excluding carboxylic acids is 1. The van der Waals surface area contributed by atoms with Gasteiger partial charge in [0.2, 0.25) is 5.91 Å². The van der Waals surface area contributed by atoms with Crippen LogP contribution < -0.4 is 0 Å². The molecule has 0 atom stereocenters. The van der Waals surface area contributed by atoms with Crippen LogP contribution in [-0.2, 0) is 16.0 Å². The second-order valence-corrected chi connectivity index (χ2v) is 3.47. The Kier molecular flexibility index (Phi) is 4.50. The average Bonchev–Trinajstić information content (AvgIpc) is 2.69. The van der Waals surface area contributed by atoms with Crippen LogP contribution in [0.25, 0.3) is 0 Å². The molecule has 0 saturated heterocycles. The molecule has 6 heteroatoms.